The molecule has 5 nitrogen and oxygen atoms in total. The van der Waals surface area contributed by atoms with Gasteiger partial charge in [0.05, 0.1) is 5.41 Å². The van der Waals surface area contributed by atoms with E-state index in [0.717, 1.165) is 13.0 Å². The van der Waals surface area contributed by atoms with Gasteiger partial charge < -0.3 is 15.3 Å². The van der Waals surface area contributed by atoms with Crippen LogP contribution in [0.5, 0.6) is 0 Å². The van der Waals surface area contributed by atoms with Crippen molar-refractivity contribution in [2.24, 2.45) is 16.7 Å². The fourth-order valence-corrected chi connectivity index (χ4v) is 3.18. The van der Waals surface area contributed by atoms with Gasteiger partial charge in [-0.05, 0) is 43.9 Å². The third-order valence-electron chi connectivity index (χ3n) is 4.69. The van der Waals surface area contributed by atoms with Gasteiger partial charge in [0.2, 0.25) is 0 Å². The molecule has 2 N–H and O–H groups in total. The number of aliphatic carboxylic acids is 1. The number of hydrogen-bond acceptors (Lipinski definition) is 2. The Balaban J connectivity index is 1.81. The highest BCUT2D eigenvalue weighted by molar-refractivity contribution is 5.79. The lowest BCUT2D eigenvalue weighted by atomic mass is 9.90. The standard InChI is InChI=1S/C15H26N2O3/c1-11(2)8-15(4-5-15)9-16-13(20)17-7-6-14(3,10-17)12(18)19/h11H,4-10H2,1-3H3,(H,16,20)(H,18,19). The van der Waals surface area contributed by atoms with Gasteiger partial charge in [-0.1, -0.05) is 13.8 Å². The molecule has 0 aromatic carbocycles. The zero-order valence-electron chi connectivity index (χ0n) is 12.7. The van der Waals surface area contributed by atoms with E-state index in [4.69, 9.17) is 0 Å². The Morgan fingerprint density at radius 1 is 1.30 bits per heavy atom. The van der Waals surface area contributed by atoms with E-state index in [0.29, 0.717) is 30.8 Å². The number of carboxylic acid groups (broad SMARTS) is 1. The number of carbonyl (C=O) groups excluding carboxylic acids is 1. The van der Waals surface area contributed by atoms with E-state index < -0.39 is 11.4 Å². The van der Waals surface area contributed by atoms with Crippen LogP contribution in [0, 0.1) is 16.7 Å². The van der Waals surface area contributed by atoms with Crippen LogP contribution in [0.25, 0.3) is 0 Å². The Bertz CT molecular complexity index is 404. The fraction of sp³-hybridized carbons (Fsp3) is 0.867. The van der Waals surface area contributed by atoms with Crippen molar-refractivity contribution in [3.63, 3.8) is 0 Å². The molecule has 1 saturated carbocycles. The third kappa shape index (κ3) is 3.25. The van der Waals surface area contributed by atoms with Crippen molar-refractivity contribution in [3.8, 4) is 0 Å². The van der Waals surface area contributed by atoms with Crippen molar-refractivity contribution < 1.29 is 14.7 Å². The smallest absolute Gasteiger partial charge is 0.317 e. The molecule has 0 aromatic heterocycles. The molecule has 2 fully saturated rings. The van der Waals surface area contributed by atoms with Crippen molar-refractivity contribution in [1.82, 2.24) is 10.2 Å². The largest absolute Gasteiger partial charge is 0.481 e. The lowest BCUT2D eigenvalue weighted by molar-refractivity contribution is -0.147. The van der Waals surface area contributed by atoms with Crippen LogP contribution in [0.2, 0.25) is 0 Å². The number of nitrogens with zero attached hydrogens (tertiary/aromatic N) is 1. The minimum Gasteiger partial charge on any atom is -0.481 e. The molecular formula is C15H26N2O3. The first-order valence-electron chi connectivity index (χ1n) is 7.53. The Morgan fingerprint density at radius 2 is 1.95 bits per heavy atom. The van der Waals surface area contributed by atoms with E-state index in [-0.39, 0.29) is 6.03 Å². The molecule has 2 rings (SSSR count). The number of likely N-dealkylation sites (tertiary alicyclic amines) is 1. The van der Waals surface area contributed by atoms with Gasteiger partial charge in [0, 0.05) is 19.6 Å². The van der Waals surface area contributed by atoms with Gasteiger partial charge in [0.25, 0.3) is 0 Å². The maximum atomic E-state index is 12.1. The van der Waals surface area contributed by atoms with Crippen molar-refractivity contribution in [1.29, 1.82) is 0 Å². The van der Waals surface area contributed by atoms with E-state index in [1.165, 1.54) is 12.8 Å². The van der Waals surface area contributed by atoms with E-state index >= 15 is 0 Å². The molecule has 0 radical (unpaired) electrons. The molecule has 5 heteroatoms. The van der Waals surface area contributed by atoms with Gasteiger partial charge in [-0.25, -0.2) is 4.79 Å². The van der Waals surface area contributed by atoms with E-state index in [9.17, 15) is 14.7 Å². The third-order valence-corrected chi connectivity index (χ3v) is 4.69. The average molecular weight is 282 g/mol. The van der Waals surface area contributed by atoms with Gasteiger partial charge in [-0.2, -0.15) is 0 Å². The molecule has 2 aliphatic rings. The molecule has 1 atom stereocenters. The Kier molecular flexibility index (Phi) is 3.98. The van der Waals surface area contributed by atoms with Gasteiger partial charge in [0.1, 0.15) is 0 Å². The number of carboxylic acids is 1. The fourth-order valence-electron chi connectivity index (χ4n) is 3.18. The second kappa shape index (κ2) is 5.26. The summed E-state index contributed by atoms with van der Waals surface area (Å²) in [5.74, 6) is -0.164. The van der Waals surface area contributed by atoms with Crippen molar-refractivity contribution >= 4 is 12.0 Å². The first-order chi connectivity index (χ1) is 9.26. The summed E-state index contributed by atoms with van der Waals surface area (Å²) in [6, 6.07) is -0.106. The molecule has 1 unspecified atom stereocenters. The van der Waals surface area contributed by atoms with Crippen LogP contribution in [-0.2, 0) is 4.79 Å². The predicted octanol–water partition coefficient (Wildman–Crippen LogP) is 2.32. The highest BCUT2D eigenvalue weighted by Crippen LogP contribution is 2.50. The Morgan fingerprint density at radius 3 is 2.40 bits per heavy atom. The maximum Gasteiger partial charge on any atom is 0.317 e. The monoisotopic (exact) mass is 282 g/mol. The van der Waals surface area contributed by atoms with Crippen LogP contribution < -0.4 is 5.32 Å². The van der Waals surface area contributed by atoms with Crippen LogP contribution in [0.3, 0.4) is 0 Å². The first kappa shape index (κ1) is 15.1. The lowest BCUT2D eigenvalue weighted by Crippen LogP contribution is -2.43. The summed E-state index contributed by atoms with van der Waals surface area (Å²) >= 11 is 0. The Hall–Kier alpha value is -1.26. The molecule has 114 valence electrons. The second-order valence-corrected chi connectivity index (χ2v) is 7.29. The summed E-state index contributed by atoms with van der Waals surface area (Å²) in [5, 5.41) is 12.2. The van der Waals surface area contributed by atoms with Gasteiger partial charge >= 0.3 is 12.0 Å². The number of amides is 2. The summed E-state index contributed by atoms with van der Waals surface area (Å²) in [7, 11) is 0. The molecule has 1 saturated heterocycles. The summed E-state index contributed by atoms with van der Waals surface area (Å²) in [6.45, 7) is 7.70. The van der Waals surface area contributed by atoms with Crippen molar-refractivity contribution in [2.75, 3.05) is 19.6 Å². The van der Waals surface area contributed by atoms with Gasteiger partial charge in [-0.3, -0.25) is 4.79 Å². The van der Waals surface area contributed by atoms with Crippen LogP contribution in [0.15, 0.2) is 0 Å². The second-order valence-electron chi connectivity index (χ2n) is 7.29. The van der Waals surface area contributed by atoms with Crippen molar-refractivity contribution in [3.05, 3.63) is 0 Å². The van der Waals surface area contributed by atoms with Crippen LogP contribution in [0.1, 0.15) is 46.5 Å². The van der Waals surface area contributed by atoms with E-state index in [1.54, 1.807) is 11.8 Å². The van der Waals surface area contributed by atoms with Gasteiger partial charge in [-0.15, -0.1) is 0 Å². The highest BCUT2D eigenvalue weighted by Gasteiger charge is 2.45. The number of carbonyl (C=O) groups is 2. The highest BCUT2D eigenvalue weighted by atomic mass is 16.4. The van der Waals surface area contributed by atoms with Crippen LogP contribution in [0.4, 0.5) is 4.79 Å². The molecule has 0 spiro atoms. The average Bonchev–Trinajstić information content (AvgIpc) is 2.98. The quantitative estimate of drug-likeness (QED) is 0.813. The zero-order chi connectivity index (χ0) is 15.0. The topological polar surface area (TPSA) is 69.6 Å². The molecule has 1 heterocycles. The lowest BCUT2D eigenvalue weighted by Gasteiger charge is -2.23. The van der Waals surface area contributed by atoms with Crippen LogP contribution >= 0.6 is 0 Å². The SMILES string of the molecule is CC(C)CC1(CNC(=O)N2CCC(C)(C(=O)O)C2)CC1. The Labute approximate surface area is 120 Å². The minimum atomic E-state index is -0.814. The number of urea groups is 1. The molecular weight excluding hydrogens is 256 g/mol. The summed E-state index contributed by atoms with van der Waals surface area (Å²) < 4.78 is 0. The summed E-state index contributed by atoms with van der Waals surface area (Å²) in [6.07, 6.45) is 4.07. The number of hydrogen-bond donors (Lipinski definition) is 2. The molecule has 20 heavy (non-hydrogen) atoms. The molecule has 1 aliphatic heterocycles. The maximum absolute atomic E-state index is 12.1. The number of rotatable bonds is 5. The van der Waals surface area contributed by atoms with E-state index in [2.05, 4.69) is 19.2 Å². The first-order valence-corrected chi connectivity index (χ1v) is 7.53. The van der Waals surface area contributed by atoms with E-state index in [1.807, 2.05) is 0 Å². The normalized spacial score (nSPS) is 27.7. The van der Waals surface area contributed by atoms with Gasteiger partial charge in [0.15, 0.2) is 0 Å². The molecule has 2 amide bonds. The summed E-state index contributed by atoms with van der Waals surface area (Å²) in [4.78, 5) is 25.0. The van der Waals surface area contributed by atoms with Crippen LogP contribution in [-0.4, -0.2) is 41.6 Å². The predicted molar refractivity (Wildman–Crippen MR) is 76.5 cm³/mol. The zero-order valence-corrected chi connectivity index (χ0v) is 12.7. The molecule has 1 aliphatic carbocycles. The number of nitrogens with one attached hydrogen (secondary N) is 1. The molecule has 0 bridgehead atoms. The summed E-state index contributed by atoms with van der Waals surface area (Å²) in [5.41, 5.74) is -0.480. The minimum absolute atomic E-state index is 0.106. The van der Waals surface area contributed by atoms with Crippen molar-refractivity contribution in [2.45, 2.75) is 46.5 Å². The molecule has 0 aromatic rings.